The summed E-state index contributed by atoms with van der Waals surface area (Å²) in [5, 5.41) is 2.93. The number of rotatable bonds is 2. The van der Waals surface area contributed by atoms with Crippen LogP contribution in [0.5, 0.6) is 0 Å². The fourth-order valence-electron chi connectivity index (χ4n) is 2.44. The quantitative estimate of drug-likeness (QED) is 0.844. The van der Waals surface area contributed by atoms with E-state index < -0.39 is 0 Å². The molecule has 0 spiro atoms. The normalized spacial score (nSPS) is 17.8. The van der Waals surface area contributed by atoms with Gasteiger partial charge in [0.25, 0.3) is 0 Å². The second kappa shape index (κ2) is 6.38. The number of nitrogens with two attached hydrogens (primary N) is 1. The molecule has 0 bridgehead atoms. The van der Waals surface area contributed by atoms with Crippen LogP contribution < -0.4 is 11.1 Å². The monoisotopic (exact) mass is 247 g/mol. The van der Waals surface area contributed by atoms with Gasteiger partial charge in [-0.1, -0.05) is 32.1 Å². The number of anilines is 2. The molecule has 18 heavy (non-hydrogen) atoms. The summed E-state index contributed by atoms with van der Waals surface area (Å²) >= 11 is 0. The van der Waals surface area contributed by atoms with E-state index in [1.165, 1.54) is 19.3 Å². The van der Waals surface area contributed by atoms with E-state index in [1.54, 1.807) is 18.3 Å². The van der Waals surface area contributed by atoms with Gasteiger partial charge in [-0.3, -0.25) is 4.79 Å². The molecule has 1 fully saturated rings. The Kier molecular flexibility index (Phi) is 4.56. The van der Waals surface area contributed by atoms with Crippen molar-refractivity contribution >= 4 is 17.4 Å². The molecule has 1 aliphatic carbocycles. The molecule has 0 atom stereocenters. The number of nitrogens with zero attached hydrogens (tertiary/aromatic N) is 1. The predicted octanol–water partition coefficient (Wildman–Crippen LogP) is 2.96. The highest BCUT2D eigenvalue weighted by Gasteiger charge is 2.19. The van der Waals surface area contributed by atoms with Crippen molar-refractivity contribution in [2.24, 2.45) is 5.92 Å². The van der Waals surface area contributed by atoms with Crippen molar-refractivity contribution < 1.29 is 4.79 Å². The molecule has 1 amide bonds. The molecule has 0 aromatic carbocycles. The van der Waals surface area contributed by atoms with Crippen LogP contribution in [-0.4, -0.2) is 10.9 Å². The number of pyridine rings is 1. The molecule has 0 unspecified atom stereocenters. The highest BCUT2D eigenvalue weighted by molar-refractivity contribution is 5.92. The minimum atomic E-state index is 0.128. The predicted molar refractivity (Wildman–Crippen MR) is 73.1 cm³/mol. The summed E-state index contributed by atoms with van der Waals surface area (Å²) in [6, 6.07) is 3.50. The van der Waals surface area contributed by atoms with Crippen LogP contribution in [0.15, 0.2) is 18.3 Å². The number of nitrogens with one attached hydrogen (secondary N) is 1. The van der Waals surface area contributed by atoms with E-state index >= 15 is 0 Å². The van der Waals surface area contributed by atoms with Gasteiger partial charge in [-0.25, -0.2) is 4.98 Å². The van der Waals surface area contributed by atoms with Gasteiger partial charge in [-0.05, 0) is 25.0 Å². The van der Waals surface area contributed by atoms with Gasteiger partial charge in [-0.15, -0.1) is 0 Å². The minimum Gasteiger partial charge on any atom is -0.384 e. The number of amides is 1. The fourth-order valence-corrected chi connectivity index (χ4v) is 2.44. The van der Waals surface area contributed by atoms with Gasteiger partial charge in [0.1, 0.15) is 5.82 Å². The molecule has 1 saturated carbocycles. The molecule has 98 valence electrons. The highest BCUT2D eigenvalue weighted by Crippen LogP contribution is 2.23. The summed E-state index contributed by atoms with van der Waals surface area (Å²) in [6.07, 6.45) is 9.78. The van der Waals surface area contributed by atoms with E-state index in [-0.39, 0.29) is 11.8 Å². The maximum Gasteiger partial charge on any atom is 0.227 e. The zero-order chi connectivity index (χ0) is 12.8. The lowest BCUT2D eigenvalue weighted by atomic mass is 9.90. The first-order valence-corrected chi connectivity index (χ1v) is 6.78. The van der Waals surface area contributed by atoms with Gasteiger partial charge in [-0.2, -0.15) is 0 Å². The molecular formula is C14H21N3O. The van der Waals surface area contributed by atoms with E-state index in [0.717, 1.165) is 31.4 Å². The van der Waals surface area contributed by atoms with Crippen LogP contribution >= 0.6 is 0 Å². The summed E-state index contributed by atoms with van der Waals surface area (Å²) in [5.74, 6) is 0.755. The first kappa shape index (κ1) is 12.9. The zero-order valence-electron chi connectivity index (χ0n) is 10.7. The molecule has 4 nitrogen and oxygen atoms in total. The molecule has 1 heterocycles. The lowest BCUT2D eigenvalue weighted by molar-refractivity contribution is -0.120. The number of nitrogen functional groups attached to an aromatic ring is 1. The summed E-state index contributed by atoms with van der Waals surface area (Å²) in [7, 11) is 0. The SMILES string of the molecule is Nc1ccc(NC(=O)C2CCCCCCC2)cn1. The topological polar surface area (TPSA) is 68.0 Å². The standard InChI is InChI=1S/C14H21N3O/c15-13-9-8-12(10-16-13)17-14(18)11-6-4-2-1-3-5-7-11/h8-11H,1-7H2,(H2,15,16)(H,17,18). The van der Waals surface area contributed by atoms with Crippen molar-refractivity contribution in [2.45, 2.75) is 44.9 Å². The van der Waals surface area contributed by atoms with E-state index in [0.29, 0.717) is 5.82 Å². The van der Waals surface area contributed by atoms with E-state index in [2.05, 4.69) is 10.3 Å². The Morgan fingerprint density at radius 1 is 1.17 bits per heavy atom. The molecular weight excluding hydrogens is 226 g/mol. The van der Waals surface area contributed by atoms with Crippen molar-refractivity contribution in [2.75, 3.05) is 11.1 Å². The molecule has 1 aliphatic rings. The van der Waals surface area contributed by atoms with Crippen molar-refractivity contribution in [3.05, 3.63) is 18.3 Å². The summed E-state index contributed by atoms with van der Waals surface area (Å²) < 4.78 is 0. The van der Waals surface area contributed by atoms with E-state index in [9.17, 15) is 4.79 Å². The Hall–Kier alpha value is -1.58. The maximum atomic E-state index is 12.1. The Labute approximate surface area is 108 Å². The van der Waals surface area contributed by atoms with Crippen LogP contribution in [0.1, 0.15) is 44.9 Å². The average Bonchev–Trinajstić information content (AvgIpc) is 2.31. The van der Waals surface area contributed by atoms with Crippen molar-refractivity contribution in [1.82, 2.24) is 4.98 Å². The van der Waals surface area contributed by atoms with Crippen molar-refractivity contribution in [3.63, 3.8) is 0 Å². The molecule has 2 rings (SSSR count). The van der Waals surface area contributed by atoms with Crippen LogP contribution in [0.4, 0.5) is 11.5 Å². The molecule has 0 radical (unpaired) electrons. The van der Waals surface area contributed by atoms with Gasteiger partial charge in [0, 0.05) is 5.92 Å². The third-order valence-corrected chi connectivity index (χ3v) is 3.53. The van der Waals surface area contributed by atoms with Gasteiger partial charge in [0.05, 0.1) is 11.9 Å². The lowest BCUT2D eigenvalue weighted by Gasteiger charge is -2.19. The van der Waals surface area contributed by atoms with Crippen LogP contribution in [0.3, 0.4) is 0 Å². The second-order valence-corrected chi connectivity index (χ2v) is 5.00. The van der Waals surface area contributed by atoms with E-state index in [1.807, 2.05) is 0 Å². The number of hydrogen-bond donors (Lipinski definition) is 2. The Morgan fingerprint density at radius 2 is 1.83 bits per heavy atom. The molecule has 3 N–H and O–H groups in total. The number of carbonyl (C=O) groups excluding carboxylic acids is 1. The van der Waals surface area contributed by atoms with Gasteiger partial charge in [0.15, 0.2) is 0 Å². The third kappa shape index (κ3) is 3.72. The Balaban J connectivity index is 1.91. The van der Waals surface area contributed by atoms with Gasteiger partial charge in [0.2, 0.25) is 5.91 Å². The number of aromatic nitrogens is 1. The highest BCUT2D eigenvalue weighted by atomic mass is 16.1. The summed E-state index contributed by atoms with van der Waals surface area (Å²) in [5.41, 5.74) is 6.25. The van der Waals surface area contributed by atoms with E-state index in [4.69, 9.17) is 5.73 Å². The summed E-state index contributed by atoms with van der Waals surface area (Å²) in [4.78, 5) is 16.1. The number of carbonyl (C=O) groups is 1. The van der Waals surface area contributed by atoms with Gasteiger partial charge < -0.3 is 11.1 Å². The van der Waals surface area contributed by atoms with Crippen LogP contribution in [0.2, 0.25) is 0 Å². The van der Waals surface area contributed by atoms with Crippen molar-refractivity contribution in [3.8, 4) is 0 Å². The molecule has 0 saturated heterocycles. The van der Waals surface area contributed by atoms with Crippen molar-refractivity contribution in [1.29, 1.82) is 0 Å². The zero-order valence-corrected chi connectivity index (χ0v) is 10.7. The number of hydrogen-bond acceptors (Lipinski definition) is 3. The third-order valence-electron chi connectivity index (χ3n) is 3.53. The maximum absolute atomic E-state index is 12.1. The first-order valence-electron chi connectivity index (χ1n) is 6.78. The first-order chi connectivity index (χ1) is 8.75. The lowest BCUT2D eigenvalue weighted by Crippen LogP contribution is -2.23. The smallest absolute Gasteiger partial charge is 0.227 e. The minimum absolute atomic E-state index is 0.128. The Morgan fingerprint density at radius 3 is 2.44 bits per heavy atom. The van der Waals surface area contributed by atoms with Crippen LogP contribution in [-0.2, 0) is 4.79 Å². The molecule has 1 aromatic heterocycles. The molecule has 1 aromatic rings. The molecule has 4 heteroatoms. The van der Waals surface area contributed by atoms with Crippen LogP contribution in [0, 0.1) is 5.92 Å². The Bertz CT molecular complexity index is 381. The molecule has 0 aliphatic heterocycles. The fraction of sp³-hybridized carbons (Fsp3) is 0.571. The second-order valence-electron chi connectivity index (χ2n) is 5.00. The van der Waals surface area contributed by atoms with Crippen LogP contribution in [0.25, 0.3) is 0 Å². The largest absolute Gasteiger partial charge is 0.384 e. The summed E-state index contributed by atoms with van der Waals surface area (Å²) in [6.45, 7) is 0. The average molecular weight is 247 g/mol. The van der Waals surface area contributed by atoms with Gasteiger partial charge >= 0.3 is 0 Å².